The number of benzene rings is 1. The van der Waals surface area contributed by atoms with Gasteiger partial charge in [0.2, 0.25) is 10.0 Å². The molecule has 0 amide bonds. The minimum atomic E-state index is -3.65. The number of sulfonamides is 1. The van der Waals surface area contributed by atoms with Crippen molar-refractivity contribution in [2.24, 2.45) is 0 Å². The van der Waals surface area contributed by atoms with Crippen LogP contribution in [0, 0.1) is 10.1 Å². The van der Waals surface area contributed by atoms with Gasteiger partial charge in [0.1, 0.15) is 5.02 Å². The Hall–Kier alpha value is -1.71. The van der Waals surface area contributed by atoms with Crippen LogP contribution in [0.5, 0.6) is 0 Å². The van der Waals surface area contributed by atoms with Gasteiger partial charge in [0, 0.05) is 6.07 Å². The Kier molecular flexibility index (Phi) is 4.41. The zero-order valence-corrected chi connectivity index (χ0v) is 13.7. The van der Waals surface area contributed by atoms with Gasteiger partial charge >= 0.3 is 0 Å². The Bertz CT molecular complexity index is 870. The highest BCUT2D eigenvalue weighted by atomic mass is 35.5. The molecule has 0 bridgehead atoms. The maximum absolute atomic E-state index is 11.8. The van der Waals surface area contributed by atoms with E-state index in [1.165, 1.54) is 19.9 Å². The van der Waals surface area contributed by atoms with E-state index in [1.807, 2.05) is 0 Å². The van der Waals surface area contributed by atoms with E-state index < -0.39 is 20.2 Å². The lowest BCUT2D eigenvalue weighted by Crippen LogP contribution is -2.23. The zero-order valence-electron chi connectivity index (χ0n) is 11.4. The number of anilines is 1. The number of fused-ring (bicyclic) bond motifs is 1. The molecule has 1 aromatic heterocycles. The molecule has 0 saturated carbocycles. The molecule has 118 valence electrons. The van der Waals surface area contributed by atoms with Gasteiger partial charge in [0.05, 0.1) is 21.2 Å². The van der Waals surface area contributed by atoms with E-state index >= 15 is 0 Å². The molecule has 8 nitrogen and oxygen atoms in total. The average Bonchev–Trinajstić information content (AvgIpc) is 2.38. The first-order valence-corrected chi connectivity index (χ1v) is 8.25. The topological polar surface area (TPSA) is 115 Å². The van der Waals surface area contributed by atoms with Crippen LogP contribution in [0.1, 0.15) is 13.8 Å². The molecule has 0 unspecified atom stereocenters. The second-order valence-electron chi connectivity index (χ2n) is 4.61. The van der Waals surface area contributed by atoms with E-state index in [2.05, 4.69) is 14.7 Å². The second kappa shape index (κ2) is 5.82. The first kappa shape index (κ1) is 16.7. The number of nitrogens with one attached hydrogen (secondary N) is 1. The first-order chi connectivity index (χ1) is 10.1. The molecule has 0 saturated heterocycles. The molecule has 0 spiro atoms. The highest BCUT2D eigenvalue weighted by molar-refractivity contribution is 7.93. The largest absolute Gasteiger partial charge is 0.290 e. The van der Waals surface area contributed by atoms with Crippen molar-refractivity contribution in [3.05, 3.63) is 32.4 Å². The SMILES string of the molecule is CC(C)S(=O)(=O)Nc1nc2cc(Cl)c([N+](=O)[O-])cc2nc1Cl. The third kappa shape index (κ3) is 3.21. The van der Waals surface area contributed by atoms with Gasteiger partial charge in [-0.2, -0.15) is 0 Å². The van der Waals surface area contributed by atoms with Crippen molar-refractivity contribution in [1.82, 2.24) is 9.97 Å². The lowest BCUT2D eigenvalue weighted by atomic mass is 10.2. The van der Waals surface area contributed by atoms with Crippen LogP contribution in [0.3, 0.4) is 0 Å². The minimum Gasteiger partial charge on any atom is -0.265 e. The molecule has 1 aromatic carbocycles. The summed E-state index contributed by atoms with van der Waals surface area (Å²) in [5.41, 5.74) is -0.0231. The summed E-state index contributed by atoms with van der Waals surface area (Å²) in [5.74, 6) is -0.159. The normalized spacial score (nSPS) is 11.9. The fourth-order valence-electron chi connectivity index (χ4n) is 1.50. The quantitative estimate of drug-likeness (QED) is 0.658. The fraction of sp³-hybridized carbons (Fsp3) is 0.273. The highest BCUT2D eigenvalue weighted by Gasteiger charge is 2.21. The number of hydrogen-bond acceptors (Lipinski definition) is 6. The van der Waals surface area contributed by atoms with Crippen molar-refractivity contribution in [2.45, 2.75) is 19.1 Å². The van der Waals surface area contributed by atoms with Gasteiger partial charge in [-0.15, -0.1) is 0 Å². The van der Waals surface area contributed by atoms with Crippen LogP contribution in [0.4, 0.5) is 11.5 Å². The summed E-state index contributed by atoms with van der Waals surface area (Å²) in [6.45, 7) is 2.98. The van der Waals surface area contributed by atoms with Gasteiger partial charge in [-0.3, -0.25) is 14.8 Å². The average molecular weight is 365 g/mol. The lowest BCUT2D eigenvalue weighted by Gasteiger charge is -2.11. The van der Waals surface area contributed by atoms with Crippen molar-refractivity contribution in [2.75, 3.05) is 4.72 Å². The molecular weight excluding hydrogens is 355 g/mol. The van der Waals surface area contributed by atoms with E-state index in [9.17, 15) is 18.5 Å². The van der Waals surface area contributed by atoms with E-state index in [1.54, 1.807) is 0 Å². The number of aromatic nitrogens is 2. The van der Waals surface area contributed by atoms with Crippen molar-refractivity contribution in [3.63, 3.8) is 0 Å². The number of hydrogen-bond donors (Lipinski definition) is 1. The van der Waals surface area contributed by atoms with Gasteiger partial charge < -0.3 is 0 Å². The third-order valence-corrected chi connectivity index (χ3v) is 5.03. The van der Waals surface area contributed by atoms with Crippen molar-refractivity contribution in [1.29, 1.82) is 0 Å². The van der Waals surface area contributed by atoms with Crippen molar-refractivity contribution < 1.29 is 13.3 Å². The first-order valence-electron chi connectivity index (χ1n) is 5.94. The molecule has 0 fully saturated rings. The van der Waals surface area contributed by atoms with Crippen LogP contribution >= 0.6 is 23.2 Å². The summed E-state index contributed by atoms with van der Waals surface area (Å²) >= 11 is 11.7. The maximum atomic E-state index is 11.8. The Labute approximate surface area is 135 Å². The second-order valence-corrected chi connectivity index (χ2v) is 7.61. The predicted octanol–water partition coefficient (Wildman–Crippen LogP) is 2.99. The molecule has 2 rings (SSSR count). The van der Waals surface area contributed by atoms with E-state index in [0.717, 1.165) is 6.07 Å². The molecule has 11 heteroatoms. The van der Waals surface area contributed by atoms with E-state index in [-0.39, 0.29) is 32.7 Å². The van der Waals surface area contributed by atoms with Crippen LogP contribution in [0.15, 0.2) is 12.1 Å². The predicted molar refractivity (Wildman–Crippen MR) is 83.9 cm³/mol. The van der Waals surface area contributed by atoms with Crippen LogP contribution in [0.2, 0.25) is 10.2 Å². The Balaban J connectivity index is 2.59. The molecule has 0 atom stereocenters. The molecule has 0 aliphatic heterocycles. The van der Waals surface area contributed by atoms with Gasteiger partial charge in [-0.1, -0.05) is 23.2 Å². The maximum Gasteiger partial charge on any atom is 0.290 e. The number of halogens is 2. The van der Waals surface area contributed by atoms with Gasteiger partial charge in [-0.05, 0) is 19.9 Å². The highest BCUT2D eigenvalue weighted by Crippen LogP contribution is 2.30. The fourth-order valence-corrected chi connectivity index (χ4v) is 2.61. The number of rotatable bonds is 4. The van der Waals surface area contributed by atoms with E-state index in [0.29, 0.717) is 0 Å². The Morgan fingerprint density at radius 2 is 1.82 bits per heavy atom. The molecule has 1 N–H and O–H groups in total. The van der Waals surface area contributed by atoms with Crippen molar-refractivity contribution >= 4 is 55.8 Å². The molecular formula is C11H10Cl2N4O4S. The van der Waals surface area contributed by atoms with Crippen LogP contribution < -0.4 is 4.72 Å². The summed E-state index contributed by atoms with van der Waals surface area (Å²) < 4.78 is 25.9. The number of nitro groups is 1. The molecule has 1 heterocycles. The number of nitro benzene ring substituents is 1. The lowest BCUT2D eigenvalue weighted by molar-refractivity contribution is -0.384. The standard InChI is InChI=1S/C11H10Cl2N4O4S/c1-5(2)22(20,21)16-11-10(13)14-8-4-9(17(18)19)6(12)3-7(8)15-11/h3-5H,1-2H3,(H,15,16). The minimum absolute atomic E-state index is 0.133. The zero-order chi connectivity index (χ0) is 16.7. The number of nitrogens with zero attached hydrogens (tertiary/aromatic N) is 3. The summed E-state index contributed by atoms with van der Waals surface area (Å²) in [4.78, 5) is 18.1. The van der Waals surface area contributed by atoms with Crippen LogP contribution in [0.25, 0.3) is 11.0 Å². The Morgan fingerprint density at radius 1 is 1.23 bits per heavy atom. The molecule has 0 aliphatic rings. The third-order valence-electron chi connectivity index (χ3n) is 2.75. The van der Waals surface area contributed by atoms with Crippen LogP contribution in [-0.4, -0.2) is 28.6 Å². The van der Waals surface area contributed by atoms with E-state index in [4.69, 9.17) is 23.2 Å². The molecule has 0 aliphatic carbocycles. The monoisotopic (exact) mass is 364 g/mol. The molecule has 22 heavy (non-hydrogen) atoms. The van der Waals surface area contributed by atoms with Gasteiger partial charge in [0.15, 0.2) is 11.0 Å². The Morgan fingerprint density at radius 3 is 2.36 bits per heavy atom. The smallest absolute Gasteiger partial charge is 0.265 e. The summed E-state index contributed by atoms with van der Waals surface area (Å²) in [6, 6.07) is 2.35. The van der Waals surface area contributed by atoms with Crippen molar-refractivity contribution in [3.8, 4) is 0 Å². The van der Waals surface area contributed by atoms with Gasteiger partial charge in [0.25, 0.3) is 5.69 Å². The summed E-state index contributed by atoms with van der Waals surface area (Å²) in [7, 11) is -3.65. The summed E-state index contributed by atoms with van der Waals surface area (Å²) in [5, 5.41) is 9.79. The molecule has 2 aromatic rings. The van der Waals surface area contributed by atoms with Crippen LogP contribution in [-0.2, 0) is 10.0 Å². The summed E-state index contributed by atoms with van der Waals surface area (Å²) in [6.07, 6.45) is 0. The molecule has 0 radical (unpaired) electrons. The van der Waals surface area contributed by atoms with Gasteiger partial charge in [-0.25, -0.2) is 18.4 Å².